The Labute approximate surface area is 376 Å². The van der Waals surface area contributed by atoms with Crippen molar-refractivity contribution in [1.82, 2.24) is 24.3 Å². The highest BCUT2D eigenvalue weighted by Gasteiger charge is 2.17. The van der Waals surface area contributed by atoms with E-state index >= 15 is 0 Å². The van der Waals surface area contributed by atoms with Crippen LogP contribution in [0.5, 0.6) is 0 Å². The van der Waals surface area contributed by atoms with Gasteiger partial charge in [0.2, 0.25) is 0 Å². The lowest BCUT2D eigenvalue weighted by molar-refractivity contribution is 1.18. The highest BCUT2D eigenvalue weighted by molar-refractivity contribution is 6.16. The smallest absolute Gasteiger partial charge is 0.160 e. The summed E-state index contributed by atoms with van der Waals surface area (Å²) in [6.07, 6.45) is 4.21. The number of fused-ring (bicyclic) bond motifs is 5. The number of rotatable bonds is 8. The maximum atomic E-state index is 5.24. The summed E-state index contributed by atoms with van der Waals surface area (Å²) in [5, 5.41) is 3.25. The number of aromatic nitrogens is 5. The van der Waals surface area contributed by atoms with E-state index in [0.29, 0.717) is 5.82 Å². The maximum Gasteiger partial charge on any atom is 0.160 e. The minimum absolute atomic E-state index is 0.684. The van der Waals surface area contributed by atoms with Gasteiger partial charge in [0.25, 0.3) is 0 Å². The van der Waals surface area contributed by atoms with E-state index in [-0.39, 0.29) is 0 Å². The number of nitrogens with zero attached hydrogens (tertiary/aromatic N) is 5. The van der Waals surface area contributed by atoms with Gasteiger partial charge in [0.05, 0.1) is 28.3 Å². The molecule has 4 heterocycles. The van der Waals surface area contributed by atoms with Crippen LogP contribution in [0.4, 0.5) is 0 Å². The molecule has 0 bridgehead atoms. The third-order valence-electron chi connectivity index (χ3n) is 12.3. The van der Waals surface area contributed by atoms with Gasteiger partial charge >= 0.3 is 0 Å². The first kappa shape index (κ1) is 37.9. The number of imidazole rings is 1. The van der Waals surface area contributed by atoms with Crippen LogP contribution in [0.2, 0.25) is 0 Å². The molecule has 0 atom stereocenters. The van der Waals surface area contributed by atoms with E-state index in [2.05, 4.69) is 223 Å². The van der Waals surface area contributed by atoms with Crippen molar-refractivity contribution in [1.29, 1.82) is 0 Å². The van der Waals surface area contributed by atoms with Crippen molar-refractivity contribution >= 4 is 27.3 Å². The Bertz CT molecular complexity index is 3540. The van der Waals surface area contributed by atoms with Crippen LogP contribution in [0.3, 0.4) is 0 Å². The molecule has 12 rings (SSSR count). The average molecular weight is 830 g/mol. The molecular formula is C60H39N5. The SMILES string of the molecule is c1ccc(-c2ccc(-c3cc(-c4ccc(-c5ccc(-c6nc7ccccc7c7c6ccn6cc(-c8ccccc8)nc76)cc5)cc4)nc(-c4ccc(-c5ccccc5)cc4)n3)cc2)cc1. The van der Waals surface area contributed by atoms with Crippen molar-refractivity contribution < 1.29 is 0 Å². The molecule has 0 saturated heterocycles. The summed E-state index contributed by atoms with van der Waals surface area (Å²) in [6.45, 7) is 0. The van der Waals surface area contributed by atoms with Gasteiger partial charge in [0.1, 0.15) is 5.65 Å². The molecule has 8 aromatic carbocycles. The fourth-order valence-corrected chi connectivity index (χ4v) is 8.88. The normalized spacial score (nSPS) is 11.4. The predicted molar refractivity (Wildman–Crippen MR) is 267 cm³/mol. The number of para-hydroxylation sites is 1. The topological polar surface area (TPSA) is 56.0 Å². The Morgan fingerprint density at radius 2 is 0.708 bits per heavy atom. The second-order valence-electron chi connectivity index (χ2n) is 16.3. The van der Waals surface area contributed by atoms with Crippen LogP contribution < -0.4 is 0 Å². The summed E-state index contributed by atoms with van der Waals surface area (Å²) in [7, 11) is 0. The Morgan fingerprint density at radius 1 is 0.292 bits per heavy atom. The zero-order valence-corrected chi connectivity index (χ0v) is 35.3. The van der Waals surface area contributed by atoms with Crippen molar-refractivity contribution in [2.75, 3.05) is 0 Å². The van der Waals surface area contributed by atoms with Crippen LogP contribution in [0, 0.1) is 0 Å². The van der Waals surface area contributed by atoms with Gasteiger partial charge in [-0.2, -0.15) is 0 Å². The van der Waals surface area contributed by atoms with Crippen LogP contribution in [0.15, 0.2) is 237 Å². The second-order valence-corrected chi connectivity index (χ2v) is 16.3. The molecule has 65 heavy (non-hydrogen) atoms. The van der Waals surface area contributed by atoms with E-state index in [0.717, 1.165) is 94.6 Å². The summed E-state index contributed by atoms with van der Waals surface area (Å²) in [5.41, 5.74) is 17.6. The van der Waals surface area contributed by atoms with Crippen molar-refractivity contribution in [2.24, 2.45) is 0 Å². The van der Waals surface area contributed by atoms with E-state index in [4.69, 9.17) is 19.9 Å². The first-order chi connectivity index (χ1) is 32.2. The molecule has 0 fully saturated rings. The summed E-state index contributed by atoms with van der Waals surface area (Å²) in [6, 6.07) is 78.4. The van der Waals surface area contributed by atoms with Crippen LogP contribution >= 0.6 is 0 Å². The Morgan fingerprint density at radius 3 is 1.25 bits per heavy atom. The molecule has 0 aliphatic heterocycles. The highest BCUT2D eigenvalue weighted by atomic mass is 15.0. The molecule has 0 radical (unpaired) electrons. The van der Waals surface area contributed by atoms with E-state index in [1.54, 1.807) is 0 Å². The number of benzene rings is 8. The van der Waals surface area contributed by atoms with Gasteiger partial charge in [-0.3, -0.25) is 0 Å². The lowest BCUT2D eigenvalue weighted by Crippen LogP contribution is -1.96. The molecule has 12 aromatic rings. The summed E-state index contributed by atoms with van der Waals surface area (Å²) in [4.78, 5) is 20.7. The minimum atomic E-state index is 0.684. The van der Waals surface area contributed by atoms with Crippen molar-refractivity contribution in [3.63, 3.8) is 0 Å². The molecule has 5 nitrogen and oxygen atoms in total. The third kappa shape index (κ3) is 7.21. The van der Waals surface area contributed by atoms with E-state index in [1.165, 1.54) is 16.7 Å². The lowest BCUT2D eigenvalue weighted by Gasteiger charge is -2.12. The van der Waals surface area contributed by atoms with Gasteiger partial charge in [-0.1, -0.05) is 206 Å². The molecule has 304 valence electrons. The first-order valence-corrected chi connectivity index (χ1v) is 21.9. The Hall–Kier alpha value is -8.80. The van der Waals surface area contributed by atoms with Gasteiger partial charge < -0.3 is 4.40 Å². The lowest BCUT2D eigenvalue weighted by atomic mass is 9.97. The molecule has 4 aromatic heterocycles. The van der Waals surface area contributed by atoms with Crippen molar-refractivity contribution in [2.45, 2.75) is 0 Å². The van der Waals surface area contributed by atoms with Crippen LogP contribution in [-0.2, 0) is 0 Å². The van der Waals surface area contributed by atoms with Crippen LogP contribution in [0.1, 0.15) is 0 Å². The summed E-state index contributed by atoms with van der Waals surface area (Å²) >= 11 is 0. The molecule has 0 aliphatic carbocycles. The van der Waals surface area contributed by atoms with Crippen molar-refractivity contribution in [3.8, 4) is 89.8 Å². The fourth-order valence-electron chi connectivity index (χ4n) is 8.88. The predicted octanol–water partition coefficient (Wildman–Crippen LogP) is 15.2. The summed E-state index contributed by atoms with van der Waals surface area (Å²) in [5.74, 6) is 0.684. The zero-order valence-electron chi connectivity index (χ0n) is 35.3. The molecular weight excluding hydrogens is 791 g/mol. The van der Waals surface area contributed by atoms with Gasteiger partial charge in [-0.15, -0.1) is 0 Å². The number of hydrogen-bond donors (Lipinski definition) is 0. The average Bonchev–Trinajstić information content (AvgIpc) is 3.84. The van der Waals surface area contributed by atoms with Gasteiger partial charge in [-0.05, 0) is 51.6 Å². The maximum absolute atomic E-state index is 5.24. The Kier molecular flexibility index (Phi) is 9.42. The second kappa shape index (κ2) is 16.2. The minimum Gasteiger partial charge on any atom is -0.306 e. The highest BCUT2D eigenvalue weighted by Crippen LogP contribution is 2.37. The first-order valence-electron chi connectivity index (χ1n) is 21.9. The molecule has 0 aliphatic rings. The standard InChI is InChI=1S/C60H39N5/c1-4-12-40(13-5-1)42-20-28-47(29-21-42)54-38-55(63-59(62-54)50-34-26-43(27-35-50)41-14-6-2-7-15-41)48-30-22-44(23-31-48)45-24-32-49(33-25-45)58-52-36-37-65-39-56(46-16-8-3-9-17-46)64-60(65)57(52)51-18-10-11-19-53(51)61-58/h1-39H. The number of pyridine rings is 2. The molecule has 0 saturated carbocycles. The summed E-state index contributed by atoms with van der Waals surface area (Å²) < 4.78 is 2.13. The molecule has 0 spiro atoms. The fraction of sp³-hybridized carbons (Fsp3) is 0. The van der Waals surface area contributed by atoms with Crippen LogP contribution in [0.25, 0.3) is 117 Å². The molecule has 0 unspecified atom stereocenters. The Balaban J connectivity index is 0.883. The molecule has 5 heteroatoms. The molecule has 0 N–H and O–H groups in total. The quantitative estimate of drug-likeness (QED) is 0.143. The van der Waals surface area contributed by atoms with Crippen LogP contribution in [-0.4, -0.2) is 24.3 Å². The zero-order chi connectivity index (χ0) is 43.1. The van der Waals surface area contributed by atoms with Gasteiger partial charge in [0, 0.05) is 56.4 Å². The van der Waals surface area contributed by atoms with E-state index < -0.39 is 0 Å². The number of hydrogen-bond acceptors (Lipinski definition) is 4. The van der Waals surface area contributed by atoms with E-state index in [1.807, 2.05) is 18.2 Å². The van der Waals surface area contributed by atoms with Crippen molar-refractivity contribution in [3.05, 3.63) is 237 Å². The molecule has 0 amide bonds. The van der Waals surface area contributed by atoms with Gasteiger partial charge in [0.15, 0.2) is 5.82 Å². The monoisotopic (exact) mass is 829 g/mol. The van der Waals surface area contributed by atoms with E-state index in [9.17, 15) is 0 Å². The van der Waals surface area contributed by atoms with Gasteiger partial charge in [-0.25, -0.2) is 19.9 Å². The third-order valence-corrected chi connectivity index (χ3v) is 12.3. The largest absolute Gasteiger partial charge is 0.306 e.